The summed E-state index contributed by atoms with van der Waals surface area (Å²) < 4.78 is 1.87. The zero-order valence-corrected chi connectivity index (χ0v) is 11.6. The minimum atomic E-state index is 0.0586. The molecule has 0 amide bonds. The molecular weight excluding hydrogens is 248 g/mol. The van der Waals surface area contributed by atoms with Crippen LogP contribution in [0, 0.1) is 13.8 Å². The van der Waals surface area contributed by atoms with Crippen LogP contribution >= 0.6 is 11.6 Å². The molecule has 2 aromatic rings. The van der Waals surface area contributed by atoms with Crippen LogP contribution in [0.25, 0.3) is 11.4 Å². The van der Waals surface area contributed by atoms with Crippen molar-refractivity contribution in [1.82, 2.24) is 9.55 Å². The Morgan fingerprint density at radius 1 is 1.33 bits per heavy atom. The molecule has 1 N–H and O–H groups in total. The van der Waals surface area contributed by atoms with Crippen molar-refractivity contribution < 1.29 is 5.11 Å². The fourth-order valence-corrected chi connectivity index (χ4v) is 2.32. The Morgan fingerprint density at radius 3 is 2.67 bits per heavy atom. The number of rotatable bonds is 3. The lowest BCUT2D eigenvalue weighted by Gasteiger charge is -2.07. The molecule has 0 saturated heterocycles. The van der Waals surface area contributed by atoms with Crippen LogP contribution in [-0.2, 0) is 13.5 Å². The Labute approximate surface area is 112 Å². The zero-order chi connectivity index (χ0) is 13.3. The maximum atomic E-state index is 9.00. The Balaban J connectivity index is 2.53. The number of aryl methyl sites for hydroxylation is 2. The van der Waals surface area contributed by atoms with Gasteiger partial charge in [0.1, 0.15) is 11.0 Å². The van der Waals surface area contributed by atoms with Gasteiger partial charge < -0.3 is 9.67 Å². The molecule has 0 saturated carbocycles. The van der Waals surface area contributed by atoms with Crippen molar-refractivity contribution in [3.05, 3.63) is 40.2 Å². The average molecular weight is 265 g/mol. The van der Waals surface area contributed by atoms with Gasteiger partial charge in [0.05, 0.1) is 5.69 Å². The number of imidazole rings is 1. The molecule has 1 aromatic carbocycles. The van der Waals surface area contributed by atoms with E-state index in [0.717, 1.165) is 17.1 Å². The van der Waals surface area contributed by atoms with E-state index in [9.17, 15) is 0 Å². The first kappa shape index (κ1) is 13.1. The van der Waals surface area contributed by atoms with Crippen LogP contribution in [0.3, 0.4) is 0 Å². The summed E-state index contributed by atoms with van der Waals surface area (Å²) in [6.45, 7) is 4.19. The standard InChI is InChI=1S/C14H17ClN2O/c1-9-4-5-11(10(2)8-9)14-16-12(6-7-18)13(15)17(14)3/h4-5,8,18H,6-7H2,1-3H3. The minimum Gasteiger partial charge on any atom is -0.396 e. The molecule has 0 radical (unpaired) electrons. The van der Waals surface area contributed by atoms with Crippen LogP contribution in [0.15, 0.2) is 18.2 Å². The van der Waals surface area contributed by atoms with E-state index in [1.165, 1.54) is 11.1 Å². The first-order valence-corrected chi connectivity index (χ1v) is 6.32. The van der Waals surface area contributed by atoms with Crippen molar-refractivity contribution in [2.75, 3.05) is 6.61 Å². The van der Waals surface area contributed by atoms with E-state index in [1.54, 1.807) is 0 Å². The smallest absolute Gasteiger partial charge is 0.141 e. The molecule has 0 unspecified atom stereocenters. The quantitative estimate of drug-likeness (QED) is 0.926. The molecule has 0 spiro atoms. The predicted molar refractivity (Wildman–Crippen MR) is 73.9 cm³/mol. The largest absolute Gasteiger partial charge is 0.396 e. The van der Waals surface area contributed by atoms with Gasteiger partial charge >= 0.3 is 0 Å². The fourth-order valence-electron chi connectivity index (χ4n) is 2.11. The van der Waals surface area contributed by atoms with E-state index in [4.69, 9.17) is 16.7 Å². The normalized spacial score (nSPS) is 10.9. The summed E-state index contributed by atoms with van der Waals surface area (Å²) >= 11 is 6.22. The third kappa shape index (κ3) is 2.28. The van der Waals surface area contributed by atoms with E-state index in [0.29, 0.717) is 11.6 Å². The lowest BCUT2D eigenvalue weighted by atomic mass is 10.1. The van der Waals surface area contributed by atoms with E-state index < -0.39 is 0 Å². The van der Waals surface area contributed by atoms with Crippen molar-refractivity contribution in [3.8, 4) is 11.4 Å². The Morgan fingerprint density at radius 2 is 2.06 bits per heavy atom. The Kier molecular flexibility index (Phi) is 3.73. The van der Waals surface area contributed by atoms with Gasteiger partial charge in [-0.3, -0.25) is 0 Å². The molecule has 4 heteroatoms. The van der Waals surface area contributed by atoms with Gasteiger partial charge in [0.25, 0.3) is 0 Å². The van der Waals surface area contributed by atoms with Crippen molar-refractivity contribution in [3.63, 3.8) is 0 Å². The minimum absolute atomic E-state index is 0.0586. The Hall–Kier alpha value is -1.32. The summed E-state index contributed by atoms with van der Waals surface area (Å²) in [4.78, 5) is 4.53. The highest BCUT2D eigenvalue weighted by atomic mass is 35.5. The zero-order valence-electron chi connectivity index (χ0n) is 10.9. The molecule has 0 aliphatic heterocycles. The first-order chi connectivity index (χ1) is 8.54. The van der Waals surface area contributed by atoms with Gasteiger partial charge in [0, 0.05) is 25.6 Å². The molecule has 0 aliphatic rings. The van der Waals surface area contributed by atoms with Gasteiger partial charge in [-0.05, 0) is 19.4 Å². The molecule has 96 valence electrons. The van der Waals surface area contributed by atoms with Gasteiger partial charge in [0.15, 0.2) is 0 Å². The lowest BCUT2D eigenvalue weighted by Crippen LogP contribution is -1.95. The van der Waals surface area contributed by atoms with E-state index >= 15 is 0 Å². The summed E-state index contributed by atoms with van der Waals surface area (Å²) in [5, 5.41) is 9.59. The molecular formula is C14H17ClN2O. The second-order valence-corrected chi connectivity index (χ2v) is 4.88. The highest BCUT2D eigenvalue weighted by molar-refractivity contribution is 6.30. The average Bonchev–Trinajstić information content (AvgIpc) is 2.58. The molecule has 1 heterocycles. The molecule has 2 rings (SSSR count). The molecule has 0 bridgehead atoms. The van der Waals surface area contributed by atoms with Crippen molar-refractivity contribution >= 4 is 11.6 Å². The number of hydrogen-bond donors (Lipinski definition) is 1. The molecule has 0 atom stereocenters. The Bertz CT molecular complexity index is 575. The van der Waals surface area contributed by atoms with Gasteiger partial charge in [0.2, 0.25) is 0 Å². The molecule has 3 nitrogen and oxygen atoms in total. The highest BCUT2D eigenvalue weighted by Crippen LogP contribution is 2.27. The third-order valence-electron chi connectivity index (χ3n) is 3.06. The van der Waals surface area contributed by atoms with Gasteiger partial charge in [-0.1, -0.05) is 35.4 Å². The first-order valence-electron chi connectivity index (χ1n) is 5.94. The third-order valence-corrected chi connectivity index (χ3v) is 3.53. The molecule has 18 heavy (non-hydrogen) atoms. The van der Waals surface area contributed by atoms with Crippen LogP contribution < -0.4 is 0 Å². The molecule has 1 aromatic heterocycles. The van der Waals surface area contributed by atoms with E-state index in [2.05, 4.69) is 37.0 Å². The number of aliphatic hydroxyl groups excluding tert-OH is 1. The second-order valence-electron chi connectivity index (χ2n) is 4.52. The summed E-state index contributed by atoms with van der Waals surface area (Å²) in [6.07, 6.45) is 0.484. The van der Waals surface area contributed by atoms with Gasteiger partial charge in [-0.2, -0.15) is 0 Å². The number of halogens is 1. The van der Waals surface area contributed by atoms with E-state index in [-0.39, 0.29) is 6.61 Å². The van der Waals surface area contributed by atoms with E-state index in [1.807, 2.05) is 11.6 Å². The predicted octanol–water partition coefficient (Wildman–Crippen LogP) is 2.89. The van der Waals surface area contributed by atoms with Crippen LogP contribution in [0.5, 0.6) is 0 Å². The van der Waals surface area contributed by atoms with Gasteiger partial charge in [-0.15, -0.1) is 0 Å². The summed E-state index contributed by atoms with van der Waals surface area (Å²) in [6, 6.07) is 6.26. The SMILES string of the molecule is Cc1ccc(-c2nc(CCO)c(Cl)n2C)c(C)c1. The molecule has 0 fully saturated rings. The van der Waals surface area contributed by atoms with Crippen LogP contribution in [-0.4, -0.2) is 21.3 Å². The van der Waals surface area contributed by atoms with Gasteiger partial charge in [-0.25, -0.2) is 4.98 Å². The molecule has 0 aliphatic carbocycles. The monoisotopic (exact) mass is 264 g/mol. The number of aromatic nitrogens is 2. The topological polar surface area (TPSA) is 38.1 Å². The fraction of sp³-hybridized carbons (Fsp3) is 0.357. The number of nitrogens with zero attached hydrogens (tertiary/aromatic N) is 2. The van der Waals surface area contributed by atoms with Crippen LogP contribution in [0.2, 0.25) is 5.15 Å². The maximum absolute atomic E-state index is 9.00. The van der Waals surface area contributed by atoms with Crippen LogP contribution in [0.4, 0.5) is 0 Å². The van der Waals surface area contributed by atoms with Crippen molar-refractivity contribution in [1.29, 1.82) is 0 Å². The number of benzene rings is 1. The maximum Gasteiger partial charge on any atom is 0.141 e. The summed E-state index contributed by atoms with van der Waals surface area (Å²) in [5.74, 6) is 0.848. The number of aliphatic hydroxyl groups is 1. The highest BCUT2D eigenvalue weighted by Gasteiger charge is 2.15. The summed E-state index contributed by atoms with van der Waals surface area (Å²) in [7, 11) is 1.89. The van der Waals surface area contributed by atoms with Crippen LogP contribution in [0.1, 0.15) is 16.8 Å². The van der Waals surface area contributed by atoms with Crippen molar-refractivity contribution in [2.24, 2.45) is 7.05 Å². The summed E-state index contributed by atoms with van der Waals surface area (Å²) in [5.41, 5.74) is 4.23. The van der Waals surface area contributed by atoms with Crippen molar-refractivity contribution in [2.45, 2.75) is 20.3 Å². The second kappa shape index (κ2) is 5.12. The number of hydrogen-bond acceptors (Lipinski definition) is 2. The lowest BCUT2D eigenvalue weighted by molar-refractivity contribution is 0.298.